The molecule has 11 heteroatoms. The van der Waals surface area contributed by atoms with E-state index in [9.17, 15) is 27.9 Å². The molecule has 0 radical (unpaired) electrons. The molecule has 0 aliphatic carbocycles. The number of hydrogen-bond donors (Lipinski definition) is 4. The van der Waals surface area contributed by atoms with Crippen LogP contribution >= 0.6 is 11.3 Å². The summed E-state index contributed by atoms with van der Waals surface area (Å²) in [7, 11) is 0. The van der Waals surface area contributed by atoms with Crippen LogP contribution in [0.5, 0.6) is 0 Å². The molecule has 0 fully saturated rings. The summed E-state index contributed by atoms with van der Waals surface area (Å²) < 4.78 is 31.7. The molecule has 0 bridgehead atoms. The van der Waals surface area contributed by atoms with E-state index in [1.807, 2.05) is 42.5 Å². The molecule has 0 saturated heterocycles. The number of amides is 1. The van der Waals surface area contributed by atoms with Crippen molar-refractivity contribution in [1.29, 1.82) is 0 Å². The number of alkyl halides is 3. The average molecular weight is 557 g/mol. The number of halogens is 3. The van der Waals surface area contributed by atoms with Gasteiger partial charge in [0.25, 0.3) is 5.91 Å². The third-order valence-electron chi connectivity index (χ3n) is 5.41. The Kier molecular flexibility index (Phi) is 9.45. The zero-order chi connectivity index (χ0) is 28.6. The van der Waals surface area contributed by atoms with E-state index in [-0.39, 0.29) is 5.92 Å². The highest BCUT2D eigenvalue weighted by molar-refractivity contribution is 7.14. The van der Waals surface area contributed by atoms with Crippen LogP contribution in [0.2, 0.25) is 0 Å². The first-order chi connectivity index (χ1) is 18.5. The van der Waals surface area contributed by atoms with Gasteiger partial charge >= 0.3 is 18.1 Å². The van der Waals surface area contributed by atoms with Crippen LogP contribution in [0.4, 0.5) is 18.9 Å². The fourth-order valence-corrected chi connectivity index (χ4v) is 4.74. The highest BCUT2D eigenvalue weighted by Gasteiger charge is 2.38. The molecule has 1 amide bonds. The van der Waals surface area contributed by atoms with Crippen LogP contribution in [-0.4, -0.2) is 34.2 Å². The maximum atomic E-state index is 12.9. The monoisotopic (exact) mass is 556 g/mol. The minimum absolute atomic E-state index is 0.0202. The van der Waals surface area contributed by atoms with Crippen molar-refractivity contribution in [3.63, 3.8) is 0 Å². The molecular weight excluding hydrogens is 533 g/mol. The zero-order valence-corrected chi connectivity index (χ0v) is 20.9. The number of carboxylic acids is 2. The first kappa shape index (κ1) is 28.9. The molecule has 0 aliphatic rings. The number of aliphatic carboxylic acids is 2. The number of nitrogens with one attached hydrogen (secondary N) is 1. The van der Waals surface area contributed by atoms with Crippen molar-refractivity contribution in [3.8, 4) is 0 Å². The minimum Gasteiger partial charge on any atom is -0.479 e. The molecule has 0 saturated carbocycles. The molecule has 1 aromatic heterocycles. The summed E-state index contributed by atoms with van der Waals surface area (Å²) >= 11 is 1.36. The van der Waals surface area contributed by atoms with Crippen LogP contribution in [0, 0.1) is 0 Å². The van der Waals surface area contributed by atoms with Crippen LogP contribution < -0.4 is 11.1 Å². The lowest BCUT2D eigenvalue weighted by Gasteiger charge is -2.17. The first-order valence-corrected chi connectivity index (χ1v) is 12.2. The molecule has 7 nitrogen and oxygen atoms in total. The molecular formula is C28H23F3N2O5S. The standard InChI is InChI=1S/C26H22N2O3S.C2HF3O2/c27-20-13-7-12-19(16-20)24(26(30)31)28-25(29)22-15-14-21(32-22)23(17-8-3-1-4-9-17)18-10-5-2-6-11-18;3-2(4,5)1(6)7/h1-16,23-24H,27H2,(H,28,29)(H,30,31);(H,6,7)/t24-;/m0./s1. The lowest BCUT2D eigenvalue weighted by Crippen LogP contribution is -2.33. The number of hydrogen-bond acceptors (Lipinski definition) is 5. The van der Waals surface area contributed by atoms with E-state index in [0.29, 0.717) is 16.1 Å². The second-order valence-electron chi connectivity index (χ2n) is 8.17. The van der Waals surface area contributed by atoms with E-state index in [0.717, 1.165) is 16.0 Å². The van der Waals surface area contributed by atoms with Crippen LogP contribution in [-0.2, 0) is 9.59 Å². The molecule has 202 valence electrons. The lowest BCUT2D eigenvalue weighted by atomic mass is 9.90. The molecule has 0 unspecified atom stereocenters. The van der Waals surface area contributed by atoms with Crippen molar-refractivity contribution in [2.24, 2.45) is 0 Å². The first-order valence-electron chi connectivity index (χ1n) is 11.4. The summed E-state index contributed by atoms with van der Waals surface area (Å²) in [6.45, 7) is 0. The van der Waals surface area contributed by atoms with Gasteiger partial charge in [-0.1, -0.05) is 72.8 Å². The highest BCUT2D eigenvalue weighted by atomic mass is 32.1. The van der Waals surface area contributed by atoms with Gasteiger partial charge in [0.15, 0.2) is 6.04 Å². The van der Waals surface area contributed by atoms with Gasteiger partial charge in [-0.15, -0.1) is 11.3 Å². The number of carbonyl (C=O) groups is 3. The quantitative estimate of drug-likeness (QED) is 0.216. The van der Waals surface area contributed by atoms with Gasteiger partial charge in [0.2, 0.25) is 0 Å². The summed E-state index contributed by atoms with van der Waals surface area (Å²) in [4.78, 5) is 35.1. The number of nitrogen functional groups attached to an aromatic ring is 1. The van der Waals surface area contributed by atoms with Crippen molar-refractivity contribution in [1.82, 2.24) is 5.32 Å². The normalized spacial score (nSPS) is 11.7. The Balaban J connectivity index is 0.000000532. The van der Waals surface area contributed by atoms with Gasteiger partial charge in [0.1, 0.15) is 0 Å². The van der Waals surface area contributed by atoms with Crippen molar-refractivity contribution >= 4 is 34.9 Å². The van der Waals surface area contributed by atoms with Gasteiger partial charge in [0.05, 0.1) is 4.88 Å². The lowest BCUT2D eigenvalue weighted by molar-refractivity contribution is -0.192. The molecule has 0 aliphatic heterocycles. The fourth-order valence-electron chi connectivity index (χ4n) is 3.67. The van der Waals surface area contributed by atoms with E-state index < -0.39 is 30.1 Å². The van der Waals surface area contributed by atoms with Crippen LogP contribution in [0.3, 0.4) is 0 Å². The number of carboxylic acid groups (broad SMARTS) is 2. The summed E-state index contributed by atoms with van der Waals surface area (Å²) in [5.74, 6) is -4.36. The van der Waals surface area contributed by atoms with Gasteiger partial charge < -0.3 is 21.3 Å². The topological polar surface area (TPSA) is 130 Å². The number of thiophene rings is 1. The van der Waals surface area contributed by atoms with E-state index in [1.54, 1.807) is 30.3 Å². The van der Waals surface area contributed by atoms with Gasteiger partial charge in [-0.05, 0) is 41.0 Å². The molecule has 5 N–H and O–H groups in total. The molecule has 3 aromatic carbocycles. The number of anilines is 1. The number of carbonyl (C=O) groups excluding carboxylic acids is 1. The predicted molar refractivity (Wildman–Crippen MR) is 141 cm³/mol. The highest BCUT2D eigenvalue weighted by Crippen LogP contribution is 2.36. The third-order valence-corrected chi connectivity index (χ3v) is 6.56. The summed E-state index contributed by atoms with van der Waals surface area (Å²) in [5.41, 5.74) is 8.89. The molecule has 39 heavy (non-hydrogen) atoms. The maximum absolute atomic E-state index is 12.9. The SMILES string of the molecule is Nc1cccc([C@H](NC(=O)c2ccc(C(c3ccccc3)c3ccccc3)s2)C(=O)O)c1.O=C(O)C(F)(F)F. The largest absolute Gasteiger partial charge is 0.490 e. The number of nitrogens with two attached hydrogens (primary N) is 1. The average Bonchev–Trinajstić information content (AvgIpc) is 3.38. The summed E-state index contributed by atoms with van der Waals surface area (Å²) in [5, 5.41) is 19.4. The molecule has 4 rings (SSSR count). The minimum atomic E-state index is -5.08. The second-order valence-corrected chi connectivity index (χ2v) is 9.29. The van der Waals surface area contributed by atoms with Gasteiger partial charge in [0, 0.05) is 16.5 Å². The zero-order valence-electron chi connectivity index (χ0n) is 20.1. The third kappa shape index (κ3) is 7.92. The number of rotatable bonds is 7. The van der Waals surface area contributed by atoms with Crippen molar-refractivity contribution in [3.05, 3.63) is 124 Å². The Morgan fingerprint density at radius 1 is 0.769 bits per heavy atom. The molecule has 1 heterocycles. The van der Waals surface area contributed by atoms with Crippen LogP contribution in [0.1, 0.15) is 43.2 Å². The molecule has 0 spiro atoms. The Hall–Kier alpha value is -4.64. The Bertz CT molecular complexity index is 1390. The van der Waals surface area contributed by atoms with Gasteiger partial charge in [-0.2, -0.15) is 13.2 Å². The van der Waals surface area contributed by atoms with Gasteiger partial charge in [-0.25, -0.2) is 9.59 Å². The Labute approximate surface area is 225 Å². The smallest absolute Gasteiger partial charge is 0.479 e. The Morgan fingerprint density at radius 3 is 1.74 bits per heavy atom. The van der Waals surface area contributed by atoms with E-state index in [4.69, 9.17) is 15.6 Å². The van der Waals surface area contributed by atoms with Crippen molar-refractivity contribution in [2.45, 2.75) is 18.1 Å². The van der Waals surface area contributed by atoms with E-state index in [1.165, 1.54) is 11.3 Å². The summed E-state index contributed by atoms with van der Waals surface area (Å²) in [6, 6.07) is 29.2. The van der Waals surface area contributed by atoms with E-state index in [2.05, 4.69) is 29.6 Å². The second kappa shape index (κ2) is 12.7. The fraction of sp³-hybridized carbons (Fsp3) is 0.107. The predicted octanol–water partition coefficient (Wildman–Crippen LogP) is 5.70. The van der Waals surface area contributed by atoms with Crippen molar-refractivity contribution in [2.75, 3.05) is 5.73 Å². The van der Waals surface area contributed by atoms with E-state index >= 15 is 0 Å². The van der Waals surface area contributed by atoms with Gasteiger partial charge in [-0.3, -0.25) is 4.79 Å². The van der Waals surface area contributed by atoms with Crippen LogP contribution in [0.25, 0.3) is 0 Å². The molecule has 4 aromatic rings. The maximum Gasteiger partial charge on any atom is 0.490 e. The van der Waals surface area contributed by atoms with Crippen molar-refractivity contribution < 1.29 is 37.8 Å². The van der Waals surface area contributed by atoms with Crippen LogP contribution in [0.15, 0.2) is 97.1 Å². The molecule has 1 atom stereocenters. The number of benzene rings is 3. The summed E-state index contributed by atoms with van der Waals surface area (Å²) in [6.07, 6.45) is -5.08. The Morgan fingerprint density at radius 2 is 1.28 bits per heavy atom.